The Morgan fingerprint density at radius 3 is 0.811 bits per heavy atom. The molecule has 0 aromatic heterocycles. The van der Waals surface area contributed by atoms with E-state index < -0.39 is 60.2 Å². The third-order valence-corrected chi connectivity index (χ3v) is 21.5. The van der Waals surface area contributed by atoms with E-state index in [-0.39, 0.29) is 88.3 Å². The van der Waals surface area contributed by atoms with Crippen LogP contribution in [-0.2, 0) is 65.4 Å². The molecule has 0 spiro atoms. The first-order chi connectivity index (χ1) is 51.5. The van der Waals surface area contributed by atoms with Gasteiger partial charge < -0.3 is 50.0 Å². The minimum absolute atomic E-state index is 0.0302. The summed E-state index contributed by atoms with van der Waals surface area (Å²) in [6, 6.07) is -2.32. The topological polar surface area (TPSA) is 282 Å². The number of carbonyl (C=O) groups excluding carboxylic acids is 5. The number of hydrogen-bond donors (Lipinski definition) is 6. The Labute approximate surface area is 647 Å². The maximum absolute atomic E-state index is 13.3. The number of unbranched alkanes of at least 4 members (excludes halogenated alkanes) is 44. The second-order valence-corrected chi connectivity index (χ2v) is 32.9. The van der Waals surface area contributed by atoms with Crippen LogP contribution in [0.3, 0.4) is 0 Å². The van der Waals surface area contributed by atoms with Crippen LogP contribution in [0.15, 0.2) is 0 Å². The lowest BCUT2D eigenvalue weighted by atomic mass is 10.1. The smallest absolute Gasteiger partial charge is 0.462 e. The van der Waals surface area contributed by atoms with Crippen molar-refractivity contribution in [2.24, 2.45) is 0 Å². The van der Waals surface area contributed by atoms with Gasteiger partial charge in [0.15, 0.2) is 0 Å². The number of phosphoric acid groups is 2. The van der Waals surface area contributed by atoms with Crippen molar-refractivity contribution >= 4 is 45.4 Å². The maximum atomic E-state index is 13.3. The van der Waals surface area contributed by atoms with E-state index >= 15 is 0 Å². The van der Waals surface area contributed by atoms with Crippen molar-refractivity contribution in [2.75, 3.05) is 65.9 Å². The van der Waals surface area contributed by atoms with Gasteiger partial charge in [-0.25, -0.2) is 13.9 Å². The molecular formula is C83H164N4O17P2. The lowest BCUT2D eigenvalue weighted by Crippen LogP contribution is -2.41. The van der Waals surface area contributed by atoms with Crippen molar-refractivity contribution in [3.63, 3.8) is 0 Å². The van der Waals surface area contributed by atoms with Gasteiger partial charge in [-0.15, -0.1) is 0 Å². The molecule has 0 radical (unpaired) electrons. The number of esters is 2. The van der Waals surface area contributed by atoms with Gasteiger partial charge in [-0.1, -0.05) is 324 Å². The van der Waals surface area contributed by atoms with Crippen LogP contribution in [-0.4, -0.2) is 130 Å². The van der Waals surface area contributed by atoms with Crippen molar-refractivity contribution in [1.82, 2.24) is 21.3 Å². The van der Waals surface area contributed by atoms with E-state index in [9.17, 15) is 42.9 Å². The number of urea groups is 1. The monoisotopic (exact) mass is 1550 g/mol. The van der Waals surface area contributed by atoms with Gasteiger partial charge in [0.2, 0.25) is 11.8 Å². The van der Waals surface area contributed by atoms with Crippen molar-refractivity contribution in [1.29, 1.82) is 0 Å². The molecule has 628 valence electrons. The summed E-state index contributed by atoms with van der Waals surface area (Å²) >= 11 is 0. The molecule has 6 atom stereocenters. The second kappa shape index (κ2) is 77.6. The zero-order chi connectivity index (χ0) is 77.8. The Balaban J connectivity index is 5.56. The van der Waals surface area contributed by atoms with Gasteiger partial charge in [-0.3, -0.25) is 37.3 Å². The molecule has 0 aliphatic rings. The molecule has 6 N–H and O–H groups in total. The Morgan fingerprint density at radius 1 is 0.292 bits per heavy atom. The fourth-order valence-electron chi connectivity index (χ4n) is 12.9. The highest BCUT2D eigenvalue weighted by molar-refractivity contribution is 7.47. The molecule has 0 aliphatic carbocycles. The highest BCUT2D eigenvalue weighted by atomic mass is 31.2. The summed E-state index contributed by atoms with van der Waals surface area (Å²) in [6.07, 6.45) is 59.9. The third-order valence-electron chi connectivity index (χ3n) is 19.5. The SMILES string of the molecule is CCCCCCCCCCCCCC(=O)NC(COCCC(CCCCCCC)OC(=O)CCCCCCCCCCC)COP(=O)(O)OCCNC(=O)NCCOP(=O)(O)OCC(COCCC(CCCCCCC)OC(=O)CCCCCCCCCCC)NC(=O)CCCCCCCCCCCCC. The van der Waals surface area contributed by atoms with E-state index in [0.717, 1.165) is 154 Å². The van der Waals surface area contributed by atoms with Crippen molar-refractivity contribution in [3.05, 3.63) is 0 Å². The molecule has 0 aromatic rings. The maximum Gasteiger partial charge on any atom is 0.472 e. The average molecular weight is 1550 g/mol. The first-order valence-corrected chi connectivity index (χ1v) is 46.9. The van der Waals surface area contributed by atoms with Gasteiger partial charge in [0.25, 0.3) is 0 Å². The highest BCUT2D eigenvalue weighted by Crippen LogP contribution is 2.44. The number of nitrogens with one attached hydrogen (secondary N) is 4. The molecule has 0 aromatic carbocycles. The molecule has 0 saturated carbocycles. The van der Waals surface area contributed by atoms with E-state index in [4.69, 9.17) is 37.0 Å². The molecule has 0 saturated heterocycles. The van der Waals surface area contributed by atoms with Crippen LogP contribution in [0, 0.1) is 0 Å². The van der Waals surface area contributed by atoms with Crippen molar-refractivity contribution in [2.45, 2.75) is 438 Å². The molecule has 4 amide bonds. The number of ether oxygens (including phenoxy) is 4. The number of carbonyl (C=O) groups is 5. The van der Waals surface area contributed by atoms with Gasteiger partial charge in [-0.05, 0) is 51.4 Å². The summed E-state index contributed by atoms with van der Waals surface area (Å²) < 4.78 is 71.7. The normalized spacial score (nSPS) is 13.9. The molecule has 0 fully saturated rings. The van der Waals surface area contributed by atoms with Crippen LogP contribution in [0.1, 0.15) is 414 Å². The molecule has 0 aliphatic heterocycles. The largest absolute Gasteiger partial charge is 0.472 e. The summed E-state index contributed by atoms with van der Waals surface area (Å²) in [5.41, 5.74) is 0. The van der Waals surface area contributed by atoms with Crippen LogP contribution < -0.4 is 21.3 Å². The van der Waals surface area contributed by atoms with E-state index in [1.54, 1.807) is 0 Å². The minimum Gasteiger partial charge on any atom is -0.462 e. The van der Waals surface area contributed by atoms with Crippen LogP contribution in [0.5, 0.6) is 0 Å². The van der Waals surface area contributed by atoms with E-state index in [0.29, 0.717) is 38.5 Å². The Morgan fingerprint density at radius 2 is 0.538 bits per heavy atom. The Hall–Kier alpha value is -2.71. The summed E-state index contributed by atoms with van der Waals surface area (Å²) in [5, 5.41) is 10.8. The fourth-order valence-corrected chi connectivity index (χ4v) is 14.5. The van der Waals surface area contributed by atoms with E-state index in [1.807, 2.05) is 0 Å². The second-order valence-electron chi connectivity index (χ2n) is 30.0. The Bertz CT molecular complexity index is 1960. The predicted octanol–water partition coefficient (Wildman–Crippen LogP) is 22.1. The van der Waals surface area contributed by atoms with Crippen LogP contribution >= 0.6 is 15.6 Å². The van der Waals surface area contributed by atoms with Crippen LogP contribution in [0.4, 0.5) is 4.79 Å². The van der Waals surface area contributed by atoms with Crippen LogP contribution in [0.2, 0.25) is 0 Å². The van der Waals surface area contributed by atoms with Crippen molar-refractivity contribution < 1.29 is 79.9 Å². The predicted molar refractivity (Wildman–Crippen MR) is 432 cm³/mol. The van der Waals surface area contributed by atoms with Crippen molar-refractivity contribution in [3.8, 4) is 0 Å². The van der Waals surface area contributed by atoms with Gasteiger partial charge >= 0.3 is 33.6 Å². The molecule has 21 nitrogen and oxygen atoms in total. The summed E-state index contributed by atoms with van der Waals surface area (Å²) in [6.45, 7) is 11.6. The van der Waals surface area contributed by atoms with Gasteiger partial charge in [0, 0.05) is 51.6 Å². The number of rotatable bonds is 84. The van der Waals surface area contributed by atoms with Gasteiger partial charge in [-0.2, -0.15) is 0 Å². The minimum atomic E-state index is -4.70. The molecule has 0 rings (SSSR count). The van der Waals surface area contributed by atoms with E-state index in [2.05, 4.69) is 62.8 Å². The lowest BCUT2D eigenvalue weighted by molar-refractivity contribution is -0.151. The van der Waals surface area contributed by atoms with Gasteiger partial charge in [0.1, 0.15) is 12.2 Å². The molecule has 0 bridgehead atoms. The summed E-state index contributed by atoms with van der Waals surface area (Å²) in [7, 11) is -9.41. The molecule has 23 heteroatoms. The fraction of sp³-hybridized carbons (Fsp3) is 0.940. The molecule has 106 heavy (non-hydrogen) atoms. The van der Waals surface area contributed by atoms with Crippen LogP contribution in [0.25, 0.3) is 0 Å². The van der Waals surface area contributed by atoms with E-state index in [1.165, 1.54) is 167 Å². The standard InChI is InChI=1S/C83H164N4O17P2/c1-7-13-19-25-29-33-35-39-41-47-53-59-79(88)86-75(71-97-67-63-77(57-51-45-23-17-11-5)103-81(90)61-55-49-43-37-31-27-21-15-9-3)73-101-105(93,94)99-69-65-84-83(92)85-66-70-100-106(95,96)102-74-76(87-80(89)60-54-48-42-40-36-34-30-26-20-14-8-2)72-98-68-64-78(58-52-46-24-18-12-6)104-82(91)62-56-50-44-38-32-28-22-16-10-4/h75-78H,7-74H2,1-6H3,(H,86,88)(H,87,89)(H,93,94)(H,95,96)(H2,84,85,92). The third kappa shape index (κ3) is 74.1. The molecular weight excluding hydrogens is 1390 g/mol. The lowest BCUT2D eigenvalue weighted by Gasteiger charge is -2.22. The summed E-state index contributed by atoms with van der Waals surface area (Å²) in [4.78, 5) is 86.8. The summed E-state index contributed by atoms with van der Waals surface area (Å²) in [5.74, 6) is -0.846. The molecule has 6 unspecified atom stereocenters. The first kappa shape index (κ1) is 103. The first-order valence-electron chi connectivity index (χ1n) is 43.9. The zero-order valence-corrected chi connectivity index (χ0v) is 70.6. The quantitative estimate of drug-likeness (QED) is 0.0187. The number of phosphoric ester groups is 2. The van der Waals surface area contributed by atoms with Gasteiger partial charge in [0.05, 0.1) is 64.9 Å². The molecule has 0 heterocycles. The average Bonchev–Trinajstić information content (AvgIpc) is 0.919. The highest BCUT2D eigenvalue weighted by Gasteiger charge is 2.27. The Kier molecular flexibility index (Phi) is 75.6. The zero-order valence-electron chi connectivity index (χ0n) is 68.8. The number of hydrogen-bond acceptors (Lipinski definition) is 15. The number of amides is 4.